The molecule has 2 amide bonds. The van der Waals surface area contributed by atoms with Crippen molar-refractivity contribution in [3.8, 4) is 0 Å². The number of unbranched alkanes of at least 4 members (excludes halogenated alkanes) is 1. The zero-order valence-corrected chi connectivity index (χ0v) is 17.9. The van der Waals surface area contributed by atoms with Gasteiger partial charge < -0.3 is 4.90 Å². The van der Waals surface area contributed by atoms with Gasteiger partial charge in [-0.05, 0) is 48.7 Å². The molecular formula is C23H24FN3O2S. The highest BCUT2D eigenvalue weighted by Gasteiger charge is 2.31. The molecule has 0 fully saturated rings. The SMILES string of the molecule is CN(C)C(=O)CCCCSC1=N/C(=C/c2ccccc2)C(=O)N1c1ccc(F)cc1. The van der Waals surface area contributed by atoms with Crippen LogP contribution in [0.4, 0.5) is 10.1 Å². The highest BCUT2D eigenvalue weighted by atomic mass is 32.2. The molecule has 2 aromatic rings. The fourth-order valence-corrected chi connectivity index (χ4v) is 3.89. The molecule has 2 aromatic carbocycles. The quantitative estimate of drug-likeness (QED) is 0.483. The lowest BCUT2D eigenvalue weighted by Gasteiger charge is -2.17. The minimum atomic E-state index is -0.359. The maximum Gasteiger partial charge on any atom is 0.283 e. The first kappa shape index (κ1) is 21.8. The van der Waals surface area contributed by atoms with E-state index in [1.807, 2.05) is 30.3 Å². The second-order valence-electron chi connectivity index (χ2n) is 7.05. The van der Waals surface area contributed by atoms with Crippen LogP contribution in [0.1, 0.15) is 24.8 Å². The summed E-state index contributed by atoms with van der Waals surface area (Å²) in [5, 5.41) is 0.563. The van der Waals surface area contributed by atoms with Gasteiger partial charge >= 0.3 is 0 Å². The number of carbonyl (C=O) groups excluding carboxylic acids is 2. The Hall–Kier alpha value is -2.93. The summed E-state index contributed by atoms with van der Waals surface area (Å²) in [5.74, 6) is 0.232. The molecule has 0 aliphatic carbocycles. The first-order valence-corrected chi connectivity index (χ1v) is 10.7. The van der Waals surface area contributed by atoms with Crippen molar-refractivity contribution in [1.82, 2.24) is 4.90 Å². The summed E-state index contributed by atoms with van der Waals surface area (Å²) in [6.07, 6.45) is 3.85. The second-order valence-corrected chi connectivity index (χ2v) is 8.11. The van der Waals surface area contributed by atoms with Crippen LogP contribution in [0.2, 0.25) is 0 Å². The molecule has 30 heavy (non-hydrogen) atoms. The van der Waals surface area contributed by atoms with E-state index >= 15 is 0 Å². The molecule has 0 saturated carbocycles. The molecule has 0 saturated heterocycles. The van der Waals surface area contributed by atoms with Crippen molar-refractivity contribution >= 4 is 40.5 Å². The zero-order valence-electron chi connectivity index (χ0n) is 17.0. The maximum atomic E-state index is 13.4. The lowest BCUT2D eigenvalue weighted by Crippen LogP contribution is -2.30. The Labute approximate surface area is 180 Å². The van der Waals surface area contributed by atoms with E-state index < -0.39 is 0 Å². The van der Waals surface area contributed by atoms with E-state index in [9.17, 15) is 14.0 Å². The number of amidine groups is 1. The van der Waals surface area contributed by atoms with Crippen LogP contribution in [0.3, 0.4) is 0 Å². The van der Waals surface area contributed by atoms with Gasteiger partial charge in [0.2, 0.25) is 5.91 Å². The zero-order chi connectivity index (χ0) is 21.5. The average molecular weight is 426 g/mol. The van der Waals surface area contributed by atoms with E-state index in [0.717, 1.165) is 24.2 Å². The van der Waals surface area contributed by atoms with Crippen molar-refractivity contribution in [2.45, 2.75) is 19.3 Å². The van der Waals surface area contributed by atoms with Crippen molar-refractivity contribution < 1.29 is 14.0 Å². The monoisotopic (exact) mass is 425 g/mol. The van der Waals surface area contributed by atoms with Crippen LogP contribution in [-0.4, -0.2) is 41.7 Å². The molecule has 1 aliphatic rings. The lowest BCUT2D eigenvalue weighted by molar-refractivity contribution is -0.128. The molecule has 0 spiro atoms. The number of aliphatic imine (C=N–C) groups is 1. The number of amides is 2. The molecule has 0 unspecified atom stereocenters. The third kappa shape index (κ3) is 5.57. The minimum absolute atomic E-state index is 0.106. The Bertz CT molecular complexity index is 956. The van der Waals surface area contributed by atoms with Crippen molar-refractivity contribution in [3.05, 3.63) is 71.7 Å². The summed E-state index contributed by atoms with van der Waals surface area (Å²) < 4.78 is 13.4. The summed E-state index contributed by atoms with van der Waals surface area (Å²) in [5.41, 5.74) is 1.81. The van der Waals surface area contributed by atoms with Gasteiger partial charge in [0, 0.05) is 26.3 Å². The first-order valence-electron chi connectivity index (χ1n) is 9.74. The van der Waals surface area contributed by atoms with Crippen molar-refractivity contribution in [1.29, 1.82) is 0 Å². The van der Waals surface area contributed by atoms with Gasteiger partial charge in [0.1, 0.15) is 11.5 Å². The molecule has 156 valence electrons. The number of hydrogen-bond donors (Lipinski definition) is 0. The summed E-state index contributed by atoms with van der Waals surface area (Å²) in [6.45, 7) is 0. The summed E-state index contributed by atoms with van der Waals surface area (Å²) >= 11 is 1.46. The minimum Gasteiger partial charge on any atom is -0.349 e. The normalized spacial score (nSPS) is 14.9. The third-order valence-electron chi connectivity index (χ3n) is 4.53. The van der Waals surface area contributed by atoms with Gasteiger partial charge in [-0.15, -0.1) is 0 Å². The highest BCUT2D eigenvalue weighted by Crippen LogP contribution is 2.30. The van der Waals surface area contributed by atoms with E-state index in [2.05, 4.69) is 4.99 Å². The van der Waals surface area contributed by atoms with Crippen LogP contribution in [0.5, 0.6) is 0 Å². The molecule has 5 nitrogen and oxygen atoms in total. The van der Waals surface area contributed by atoms with Crippen LogP contribution in [0.25, 0.3) is 6.08 Å². The second kappa shape index (κ2) is 10.2. The van der Waals surface area contributed by atoms with Crippen LogP contribution >= 0.6 is 11.8 Å². The standard InChI is InChI=1S/C23H24FN3O2S/c1-26(2)21(28)10-6-7-15-30-23-25-20(16-17-8-4-3-5-9-17)22(29)27(23)19-13-11-18(24)12-14-19/h3-5,8-9,11-14,16H,6-7,10,15H2,1-2H3/b20-16+. The number of hydrogen-bond acceptors (Lipinski definition) is 4. The molecular weight excluding hydrogens is 401 g/mol. The van der Waals surface area contributed by atoms with Gasteiger partial charge in [0.25, 0.3) is 5.91 Å². The van der Waals surface area contributed by atoms with Gasteiger partial charge in [-0.3, -0.25) is 14.5 Å². The molecule has 3 rings (SSSR count). The van der Waals surface area contributed by atoms with E-state index in [1.54, 1.807) is 37.2 Å². The van der Waals surface area contributed by atoms with E-state index in [1.165, 1.54) is 28.8 Å². The van der Waals surface area contributed by atoms with E-state index in [4.69, 9.17) is 0 Å². The Balaban J connectivity index is 1.74. The molecule has 1 aliphatic heterocycles. The summed E-state index contributed by atoms with van der Waals surface area (Å²) in [7, 11) is 3.49. The number of thioether (sulfide) groups is 1. The first-order chi connectivity index (χ1) is 14.5. The molecule has 1 heterocycles. The third-order valence-corrected chi connectivity index (χ3v) is 5.56. The Morgan fingerprint density at radius 2 is 1.80 bits per heavy atom. The van der Waals surface area contributed by atoms with Gasteiger partial charge in [-0.1, -0.05) is 42.1 Å². The highest BCUT2D eigenvalue weighted by molar-refractivity contribution is 8.14. The van der Waals surface area contributed by atoms with Crippen molar-refractivity contribution in [3.63, 3.8) is 0 Å². The summed E-state index contributed by atoms with van der Waals surface area (Å²) in [4.78, 5) is 32.4. The largest absolute Gasteiger partial charge is 0.349 e. The predicted molar refractivity (Wildman–Crippen MR) is 121 cm³/mol. The van der Waals surface area contributed by atoms with Crippen molar-refractivity contribution in [2.75, 3.05) is 24.7 Å². The number of benzene rings is 2. The lowest BCUT2D eigenvalue weighted by atomic mass is 10.2. The Morgan fingerprint density at radius 3 is 2.47 bits per heavy atom. The van der Waals surface area contributed by atoms with Gasteiger partial charge in [0.05, 0.1) is 5.69 Å². The van der Waals surface area contributed by atoms with E-state index in [0.29, 0.717) is 23.0 Å². The smallest absolute Gasteiger partial charge is 0.283 e. The number of halogens is 1. The van der Waals surface area contributed by atoms with E-state index in [-0.39, 0.29) is 17.6 Å². The molecule has 0 atom stereocenters. The topological polar surface area (TPSA) is 53.0 Å². The number of rotatable bonds is 7. The van der Waals surface area contributed by atoms with Crippen LogP contribution in [-0.2, 0) is 9.59 Å². The fourth-order valence-electron chi connectivity index (χ4n) is 2.88. The summed E-state index contributed by atoms with van der Waals surface area (Å²) in [6, 6.07) is 15.3. The maximum absolute atomic E-state index is 13.4. The molecule has 7 heteroatoms. The van der Waals surface area contributed by atoms with Gasteiger partial charge in [0.15, 0.2) is 5.17 Å². The number of carbonyl (C=O) groups is 2. The Morgan fingerprint density at radius 1 is 1.10 bits per heavy atom. The van der Waals surface area contributed by atoms with Crippen LogP contribution in [0, 0.1) is 5.82 Å². The molecule has 0 aromatic heterocycles. The average Bonchev–Trinajstić information content (AvgIpc) is 3.04. The molecule has 0 N–H and O–H groups in total. The van der Waals surface area contributed by atoms with Crippen molar-refractivity contribution in [2.24, 2.45) is 4.99 Å². The molecule has 0 bridgehead atoms. The van der Waals surface area contributed by atoms with Gasteiger partial charge in [-0.2, -0.15) is 0 Å². The van der Waals surface area contributed by atoms with Crippen LogP contribution in [0.15, 0.2) is 65.3 Å². The molecule has 0 radical (unpaired) electrons. The van der Waals surface area contributed by atoms with Gasteiger partial charge in [-0.25, -0.2) is 9.38 Å². The number of nitrogens with zero attached hydrogens (tertiary/aromatic N) is 3. The predicted octanol–water partition coefficient (Wildman–Crippen LogP) is 4.56. The Kier molecular flexibility index (Phi) is 7.41. The van der Waals surface area contributed by atoms with Crippen LogP contribution < -0.4 is 4.90 Å². The fraction of sp³-hybridized carbons (Fsp3) is 0.261. The number of anilines is 1.